The van der Waals surface area contributed by atoms with Gasteiger partial charge in [0.2, 0.25) is 10.0 Å². The number of sulfonamides is 1. The van der Waals surface area contributed by atoms with Gasteiger partial charge in [0, 0.05) is 6.54 Å². The van der Waals surface area contributed by atoms with Gasteiger partial charge in [-0.25, -0.2) is 13.2 Å². The molecule has 1 aromatic heterocycles. The third kappa shape index (κ3) is 2.53. The van der Waals surface area contributed by atoms with Crippen LogP contribution in [0.1, 0.15) is 23.5 Å². The zero-order valence-electron chi connectivity index (χ0n) is 10.6. The van der Waals surface area contributed by atoms with Crippen LogP contribution in [0.25, 0.3) is 0 Å². The van der Waals surface area contributed by atoms with Gasteiger partial charge in [0.15, 0.2) is 0 Å². The van der Waals surface area contributed by atoms with Crippen LogP contribution in [0.15, 0.2) is 16.3 Å². The first kappa shape index (κ1) is 14.4. The third-order valence-electron chi connectivity index (χ3n) is 2.96. The van der Waals surface area contributed by atoms with E-state index in [0.29, 0.717) is 13.2 Å². The van der Waals surface area contributed by atoms with Gasteiger partial charge in [-0.1, -0.05) is 0 Å². The maximum Gasteiger partial charge on any atom is 0.347 e. The first-order chi connectivity index (χ1) is 8.77. The molecule has 2 rings (SSSR count). The van der Waals surface area contributed by atoms with E-state index < -0.39 is 21.5 Å². The van der Waals surface area contributed by atoms with Crippen LogP contribution in [0.3, 0.4) is 0 Å². The van der Waals surface area contributed by atoms with Gasteiger partial charge in [-0.2, -0.15) is 4.31 Å². The number of aromatic carboxylic acids is 1. The largest absolute Gasteiger partial charge is 0.477 e. The smallest absolute Gasteiger partial charge is 0.347 e. The van der Waals surface area contributed by atoms with Crippen LogP contribution in [0.2, 0.25) is 0 Å². The molecule has 1 aliphatic heterocycles. The fourth-order valence-corrected chi connectivity index (χ4v) is 5.05. The fourth-order valence-electron chi connectivity index (χ4n) is 2.06. The number of thiophene rings is 1. The van der Waals surface area contributed by atoms with Crippen LogP contribution in [0.4, 0.5) is 0 Å². The molecule has 1 saturated heterocycles. The van der Waals surface area contributed by atoms with Crippen molar-refractivity contribution >= 4 is 27.3 Å². The Morgan fingerprint density at radius 3 is 2.79 bits per heavy atom. The molecule has 1 aromatic rings. The maximum atomic E-state index is 12.6. The topological polar surface area (TPSA) is 83.9 Å². The lowest BCUT2D eigenvalue weighted by atomic mass is 10.1. The first-order valence-corrected chi connectivity index (χ1v) is 8.00. The van der Waals surface area contributed by atoms with Crippen LogP contribution in [0.5, 0.6) is 0 Å². The minimum Gasteiger partial charge on any atom is -0.477 e. The molecule has 0 spiro atoms. The summed E-state index contributed by atoms with van der Waals surface area (Å²) in [6.07, 6.45) is 0. The SMILES string of the molecule is CC1(C)COCCN1S(=O)(=O)c1ccsc1C(=O)O. The van der Waals surface area contributed by atoms with Crippen molar-refractivity contribution in [2.45, 2.75) is 24.3 Å². The zero-order chi connectivity index (χ0) is 14.3. The zero-order valence-corrected chi connectivity index (χ0v) is 12.3. The molecule has 0 bridgehead atoms. The van der Waals surface area contributed by atoms with E-state index in [4.69, 9.17) is 9.84 Å². The molecule has 1 N–H and O–H groups in total. The van der Waals surface area contributed by atoms with Crippen molar-refractivity contribution in [3.8, 4) is 0 Å². The molecule has 1 fully saturated rings. The highest BCUT2D eigenvalue weighted by atomic mass is 32.2. The summed E-state index contributed by atoms with van der Waals surface area (Å²) >= 11 is 0.912. The van der Waals surface area contributed by atoms with Crippen LogP contribution >= 0.6 is 11.3 Å². The molecule has 8 heteroatoms. The van der Waals surface area contributed by atoms with Crippen LogP contribution in [-0.4, -0.2) is 49.1 Å². The van der Waals surface area contributed by atoms with Gasteiger partial charge in [0.05, 0.1) is 18.8 Å². The Morgan fingerprint density at radius 2 is 2.21 bits per heavy atom. The van der Waals surface area contributed by atoms with E-state index in [-0.39, 0.29) is 16.3 Å². The van der Waals surface area contributed by atoms with Gasteiger partial charge >= 0.3 is 5.97 Å². The van der Waals surface area contributed by atoms with E-state index in [1.807, 2.05) is 0 Å². The first-order valence-electron chi connectivity index (χ1n) is 5.68. The summed E-state index contributed by atoms with van der Waals surface area (Å²) < 4.78 is 31.8. The number of carboxylic acids is 1. The molecule has 0 aromatic carbocycles. The number of carbonyl (C=O) groups is 1. The lowest BCUT2D eigenvalue weighted by Gasteiger charge is -2.40. The summed E-state index contributed by atoms with van der Waals surface area (Å²) in [5, 5.41) is 10.5. The highest BCUT2D eigenvalue weighted by Gasteiger charge is 2.41. The van der Waals surface area contributed by atoms with Gasteiger partial charge in [-0.15, -0.1) is 11.3 Å². The lowest BCUT2D eigenvalue weighted by molar-refractivity contribution is -0.00773. The second-order valence-corrected chi connectivity index (χ2v) is 7.61. The fraction of sp³-hybridized carbons (Fsp3) is 0.545. The minimum atomic E-state index is -3.82. The Morgan fingerprint density at radius 1 is 1.53 bits per heavy atom. The van der Waals surface area contributed by atoms with Crippen molar-refractivity contribution in [1.82, 2.24) is 4.31 Å². The molecule has 0 aliphatic carbocycles. The Balaban J connectivity index is 2.47. The van der Waals surface area contributed by atoms with E-state index in [0.717, 1.165) is 11.3 Å². The molecule has 0 unspecified atom stereocenters. The number of hydrogen-bond donors (Lipinski definition) is 1. The van der Waals surface area contributed by atoms with Crippen molar-refractivity contribution in [2.75, 3.05) is 19.8 Å². The van der Waals surface area contributed by atoms with Gasteiger partial charge in [-0.3, -0.25) is 0 Å². The van der Waals surface area contributed by atoms with Crippen molar-refractivity contribution < 1.29 is 23.1 Å². The van der Waals surface area contributed by atoms with Gasteiger partial charge in [0.25, 0.3) is 0 Å². The lowest BCUT2D eigenvalue weighted by Crippen LogP contribution is -2.55. The molecule has 1 aliphatic rings. The number of rotatable bonds is 3. The summed E-state index contributed by atoms with van der Waals surface area (Å²) in [5.74, 6) is -1.22. The average molecular weight is 305 g/mol. The van der Waals surface area contributed by atoms with Gasteiger partial charge in [-0.05, 0) is 25.3 Å². The quantitative estimate of drug-likeness (QED) is 0.908. The van der Waals surface area contributed by atoms with E-state index in [2.05, 4.69) is 0 Å². The molecule has 0 atom stereocenters. The summed E-state index contributed by atoms with van der Waals surface area (Å²) in [6.45, 7) is 4.35. The van der Waals surface area contributed by atoms with E-state index in [1.165, 1.54) is 15.8 Å². The number of ether oxygens (including phenoxy) is 1. The second-order valence-electron chi connectivity index (χ2n) is 4.86. The van der Waals surface area contributed by atoms with Crippen molar-refractivity contribution in [2.24, 2.45) is 0 Å². The Bertz CT molecular complexity index is 590. The standard InChI is InChI=1S/C11H15NO5S2/c1-11(2)7-17-5-4-12(11)19(15,16)8-3-6-18-9(8)10(13)14/h3,6H,4-5,7H2,1-2H3,(H,13,14). The summed E-state index contributed by atoms with van der Waals surface area (Å²) in [7, 11) is -3.82. The summed E-state index contributed by atoms with van der Waals surface area (Å²) in [6, 6.07) is 1.34. The molecule has 0 saturated carbocycles. The highest BCUT2D eigenvalue weighted by molar-refractivity contribution is 7.89. The monoisotopic (exact) mass is 305 g/mol. The predicted molar refractivity (Wildman–Crippen MR) is 70.1 cm³/mol. The Labute approximate surface area is 115 Å². The molecule has 19 heavy (non-hydrogen) atoms. The number of nitrogens with zero attached hydrogens (tertiary/aromatic N) is 1. The number of hydrogen-bond acceptors (Lipinski definition) is 5. The summed E-state index contributed by atoms with van der Waals surface area (Å²) in [5.41, 5.74) is -0.686. The second kappa shape index (κ2) is 4.86. The van der Waals surface area contributed by atoms with Gasteiger partial charge < -0.3 is 9.84 Å². The van der Waals surface area contributed by atoms with Crippen LogP contribution < -0.4 is 0 Å². The molecule has 2 heterocycles. The molecule has 6 nitrogen and oxygen atoms in total. The van der Waals surface area contributed by atoms with E-state index in [9.17, 15) is 13.2 Å². The van der Waals surface area contributed by atoms with Crippen LogP contribution in [-0.2, 0) is 14.8 Å². The van der Waals surface area contributed by atoms with E-state index >= 15 is 0 Å². The molecule has 106 valence electrons. The molecular formula is C11H15NO5S2. The molecule has 0 radical (unpaired) electrons. The van der Waals surface area contributed by atoms with Crippen molar-refractivity contribution in [3.63, 3.8) is 0 Å². The van der Waals surface area contributed by atoms with E-state index in [1.54, 1.807) is 13.8 Å². The van der Waals surface area contributed by atoms with Crippen molar-refractivity contribution in [1.29, 1.82) is 0 Å². The Hall–Kier alpha value is -0.960. The normalized spacial score (nSPS) is 20.3. The van der Waals surface area contributed by atoms with Crippen LogP contribution in [0, 0.1) is 0 Å². The maximum absolute atomic E-state index is 12.6. The van der Waals surface area contributed by atoms with Crippen molar-refractivity contribution in [3.05, 3.63) is 16.3 Å². The molecule has 0 amide bonds. The Kier molecular flexibility index (Phi) is 3.69. The molecular weight excluding hydrogens is 290 g/mol. The minimum absolute atomic E-state index is 0.139. The number of morpholine rings is 1. The highest BCUT2D eigenvalue weighted by Crippen LogP contribution is 2.31. The summed E-state index contributed by atoms with van der Waals surface area (Å²) in [4.78, 5) is 10.8. The third-order valence-corrected chi connectivity index (χ3v) is 6.15. The average Bonchev–Trinajstić information content (AvgIpc) is 2.77. The number of carboxylic acid groups (broad SMARTS) is 1. The predicted octanol–water partition coefficient (Wildman–Crippen LogP) is 1.25. The van der Waals surface area contributed by atoms with Gasteiger partial charge in [0.1, 0.15) is 9.77 Å².